The fourth-order valence-electron chi connectivity index (χ4n) is 1.11. The molecule has 0 saturated heterocycles. The van der Waals surface area contributed by atoms with E-state index in [2.05, 4.69) is 15.3 Å². The first kappa shape index (κ1) is 11.6. The summed E-state index contributed by atoms with van der Waals surface area (Å²) in [6.45, 7) is 4.36. The third-order valence-corrected chi connectivity index (χ3v) is 1.99. The number of ether oxygens (including phenoxy) is 1. The summed E-state index contributed by atoms with van der Waals surface area (Å²) in [4.78, 5) is 18.2. The molecule has 15 heavy (non-hydrogen) atoms. The Kier molecular flexibility index (Phi) is 4.66. The Labute approximate surface area is 89.2 Å². The van der Waals surface area contributed by atoms with E-state index in [0.717, 1.165) is 18.7 Å². The van der Waals surface area contributed by atoms with E-state index in [1.165, 1.54) is 0 Å². The number of imidazole rings is 1. The lowest BCUT2D eigenvalue weighted by molar-refractivity contribution is 0.141. The monoisotopic (exact) mass is 211 g/mol. The van der Waals surface area contributed by atoms with Crippen molar-refractivity contribution in [2.75, 3.05) is 6.61 Å². The van der Waals surface area contributed by atoms with Crippen LogP contribution in [0.2, 0.25) is 0 Å². The lowest BCUT2D eigenvalue weighted by Gasteiger charge is -2.11. The smallest absolute Gasteiger partial charge is 0.407 e. The quantitative estimate of drug-likeness (QED) is 0.732. The topological polar surface area (TPSA) is 67.0 Å². The van der Waals surface area contributed by atoms with Crippen molar-refractivity contribution in [1.82, 2.24) is 15.3 Å². The molecule has 0 bridgehead atoms. The maximum atomic E-state index is 11.2. The molecule has 1 atom stereocenters. The van der Waals surface area contributed by atoms with Crippen molar-refractivity contribution in [2.24, 2.45) is 0 Å². The van der Waals surface area contributed by atoms with Gasteiger partial charge in [0, 0.05) is 12.4 Å². The van der Waals surface area contributed by atoms with E-state index in [4.69, 9.17) is 4.74 Å². The van der Waals surface area contributed by atoms with Gasteiger partial charge in [0.15, 0.2) is 0 Å². The van der Waals surface area contributed by atoms with Gasteiger partial charge >= 0.3 is 6.09 Å². The molecule has 1 aromatic rings. The third kappa shape index (κ3) is 4.01. The van der Waals surface area contributed by atoms with Gasteiger partial charge in [0.25, 0.3) is 0 Å². The highest BCUT2D eigenvalue weighted by Crippen LogP contribution is 2.05. The number of H-pyrrole nitrogens is 1. The minimum absolute atomic E-state index is 0.158. The van der Waals surface area contributed by atoms with Crippen LogP contribution >= 0.6 is 0 Å². The first-order valence-corrected chi connectivity index (χ1v) is 5.16. The molecular formula is C10H17N3O2. The molecular weight excluding hydrogens is 194 g/mol. The number of carbonyl (C=O) groups excluding carboxylic acids is 1. The zero-order chi connectivity index (χ0) is 11.1. The number of amides is 1. The standard InChI is InChI=1S/C10H17N3O2/c1-3-4-7-15-10(14)13-8(2)9-11-5-6-12-9/h5-6,8H,3-4,7H2,1-2H3,(H,11,12)(H,13,14)/t8-/m0/s1. The SMILES string of the molecule is CCCCOC(=O)N[C@@H](C)c1ncc[nH]1. The van der Waals surface area contributed by atoms with Gasteiger partial charge in [-0.15, -0.1) is 0 Å². The molecule has 0 fully saturated rings. The number of hydrogen-bond acceptors (Lipinski definition) is 3. The van der Waals surface area contributed by atoms with Crippen LogP contribution in [0.25, 0.3) is 0 Å². The second-order valence-corrected chi connectivity index (χ2v) is 3.33. The van der Waals surface area contributed by atoms with Gasteiger partial charge in [-0.3, -0.25) is 0 Å². The van der Waals surface area contributed by atoms with E-state index in [0.29, 0.717) is 6.61 Å². The molecule has 0 radical (unpaired) electrons. The molecule has 0 aliphatic heterocycles. The van der Waals surface area contributed by atoms with Crippen molar-refractivity contribution in [1.29, 1.82) is 0 Å². The van der Waals surface area contributed by atoms with Crippen molar-refractivity contribution in [3.63, 3.8) is 0 Å². The molecule has 2 N–H and O–H groups in total. The highest BCUT2D eigenvalue weighted by molar-refractivity contribution is 5.67. The van der Waals surface area contributed by atoms with E-state index in [9.17, 15) is 4.79 Å². The predicted octanol–water partition coefficient (Wildman–Crippen LogP) is 2.00. The summed E-state index contributed by atoms with van der Waals surface area (Å²) in [6, 6.07) is -0.158. The summed E-state index contributed by atoms with van der Waals surface area (Å²) < 4.78 is 4.96. The zero-order valence-corrected chi connectivity index (χ0v) is 9.12. The van der Waals surface area contributed by atoms with E-state index >= 15 is 0 Å². The first-order valence-electron chi connectivity index (χ1n) is 5.16. The molecule has 1 heterocycles. The first-order chi connectivity index (χ1) is 7.24. The molecule has 1 rings (SSSR count). The van der Waals surface area contributed by atoms with Crippen molar-refractivity contribution in [2.45, 2.75) is 32.7 Å². The maximum absolute atomic E-state index is 11.2. The van der Waals surface area contributed by atoms with Crippen molar-refractivity contribution < 1.29 is 9.53 Å². The van der Waals surface area contributed by atoms with Gasteiger partial charge in [-0.05, 0) is 13.3 Å². The molecule has 0 unspecified atom stereocenters. The fourth-order valence-corrected chi connectivity index (χ4v) is 1.11. The Bertz CT molecular complexity index is 285. The number of nitrogens with one attached hydrogen (secondary N) is 2. The highest BCUT2D eigenvalue weighted by atomic mass is 16.5. The van der Waals surface area contributed by atoms with Crippen LogP contribution in [0.15, 0.2) is 12.4 Å². The molecule has 84 valence electrons. The lowest BCUT2D eigenvalue weighted by Crippen LogP contribution is -2.28. The Hall–Kier alpha value is -1.52. The third-order valence-electron chi connectivity index (χ3n) is 1.99. The van der Waals surface area contributed by atoms with Crippen molar-refractivity contribution >= 4 is 6.09 Å². The average molecular weight is 211 g/mol. The summed E-state index contributed by atoms with van der Waals surface area (Å²) >= 11 is 0. The normalized spacial score (nSPS) is 12.1. The van der Waals surface area contributed by atoms with Crippen molar-refractivity contribution in [3.8, 4) is 0 Å². The van der Waals surface area contributed by atoms with Crippen molar-refractivity contribution in [3.05, 3.63) is 18.2 Å². The van der Waals surface area contributed by atoms with Crippen LogP contribution < -0.4 is 5.32 Å². The highest BCUT2D eigenvalue weighted by Gasteiger charge is 2.11. The number of aromatic nitrogens is 2. The number of rotatable bonds is 5. The van der Waals surface area contributed by atoms with Crippen LogP contribution in [0, 0.1) is 0 Å². The van der Waals surface area contributed by atoms with Gasteiger partial charge in [-0.1, -0.05) is 13.3 Å². The molecule has 0 aliphatic carbocycles. The number of nitrogens with zero attached hydrogens (tertiary/aromatic N) is 1. The molecule has 0 spiro atoms. The van der Waals surface area contributed by atoms with E-state index < -0.39 is 6.09 Å². The molecule has 0 saturated carbocycles. The van der Waals surface area contributed by atoms with Crippen LogP contribution in [0.4, 0.5) is 4.79 Å². The number of unbranched alkanes of at least 4 members (excludes halogenated alkanes) is 1. The summed E-state index contributed by atoms with van der Waals surface area (Å²) in [5, 5.41) is 2.69. The molecule has 0 aromatic carbocycles. The van der Waals surface area contributed by atoms with Gasteiger partial charge in [0.05, 0.1) is 12.6 Å². The fraction of sp³-hybridized carbons (Fsp3) is 0.600. The minimum atomic E-state index is -0.396. The minimum Gasteiger partial charge on any atom is -0.450 e. The number of hydrogen-bond donors (Lipinski definition) is 2. The van der Waals surface area contributed by atoms with Crippen LogP contribution in [0.5, 0.6) is 0 Å². The Morgan fingerprint density at radius 2 is 2.53 bits per heavy atom. The second-order valence-electron chi connectivity index (χ2n) is 3.33. The van der Waals surface area contributed by atoms with Gasteiger partial charge < -0.3 is 15.0 Å². The Morgan fingerprint density at radius 3 is 3.13 bits per heavy atom. The predicted molar refractivity (Wildman–Crippen MR) is 56.4 cm³/mol. The summed E-state index contributed by atoms with van der Waals surface area (Å²) in [5.74, 6) is 0.724. The molecule has 1 aromatic heterocycles. The van der Waals surface area contributed by atoms with Gasteiger partial charge in [0.1, 0.15) is 5.82 Å². The van der Waals surface area contributed by atoms with Crippen LogP contribution in [0.1, 0.15) is 38.6 Å². The zero-order valence-electron chi connectivity index (χ0n) is 9.12. The van der Waals surface area contributed by atoms with Crippen LogP contribution in [-0.2, 0) is 4.74 Å². The van der Waals surface area contributed by atoms with Gasteiger partial charge in [0.2, 0.25) is 0 Å². The summed E-state index contributed by atoms with van der Waals surface area (Å²) in [7, 11) is 0. The van der Waals surface area contributed by atoms with Crippen LogP contribution in [-0.4, -0.2) is 22.7 Å². The summed E-state index contributed by atoms with van der Waals surface area (Å²) in [6.07, 6.45) is 4.88. The Morgan fingerprint density at radius 1 is 1.73 bits per heavy atom. The number of carbonyl (C=O) groups is 1. The van der Waals surface area contributed by atoms with Gasteiger partial charge in [-0.2, -0.15) is 0 Å². The Balaban J connectivity index is 2.26. The molecule has 0 aliphatic rings. The van der Waals surface area contributed by atoms with E-state index in [1.54, 1.807) is 12.4 Å². The van der Waals surface area contributed by atoms with Gasteiger partial charge in [-0.25, -0.2) is 9.78 Å². The lowest BCUT2D eigenvalue weighted by atomic mass is 10.3. The largest absolute Gasteiger partial charge is 0.450 e. The van der Waals surface area contributed by atoms with E-state index in [-0.39, 0.29) is 6.04 Å². The number of alkyl carbamates (subject to hydrolysis) is 1. The second kappa shape index (κ2) is 6.06. The van der Waals surface area contributed by atoms with E-state index in [1.807, 2.05) is 13.8 Å². The summed E-state index contributed by atoms with van der Waals surface area (Å²) in [5.41, 5.74) is 0. The molecule has 5 heteroatoms. The maximum Gasteiger partial charge on any atom is 0.407 e. The van der Waals surface area contributed by atoms with Crippen LogP contribution in [0.3, 0.4) is 0 Å². The number of aromatic amines is 1. The molecule has 5 nitrogen and oxygen atoms in total. The average Bonchev–Trinajstić information content (AvgIpc) is 2.70. The molecule has 1 amide bonds.